The van der Waals surface area contributed by atoms with Gasteiger partial charge in [-0.3, -0.25) is 4.72 Å². The van der Waals surface area contributed by atoms with E-state index in [9.17, 15) is 17.2 Å². The molecule has 1 N–H and O–H groups in total. The van der Waals surface area contributed by atoms with Crippen molar-refractivity contribution in [2.45, 2.75) is 4.90 Å². The van der Waals surface area contributed by atoms with Gasteiger partial charge in [0.1, 0.15) is 5.75 Å². The van der Waals surface area contributed by atoms with E-state index in [1.54, 1.807) is 18.2 Å². The lowest BCUT2D eigenvalue weighted by atomic mass is 10.3. The van der Waals surface area contributed by atoms with Crippen molar-refractivity contribution in [1.29, 1.82) is 0 Å². The van der Waals surface area contributed by atoms with Crippen molar-refractivity contribution in [1.82, 2.24) is 4.98 Å². The molecule has 0 fully saturated rings. The van der Waals surface area contributed by atoms with E-state index >= 15 is 0 Å². The number of methoxy groups -OCH3 is 1. The third-order valence-corrected chi connectivity index (χ3v) is 5.42. The minimum atomic E-state index is -4.06. The van der Waals surface area contributed by atoms with Gasteiger partial charge in [0.25, 0.3) is 10.0 Å². The van der Waals surface area contributed by atoms with Crippen molar-refractivity contribution in [2.75, 3.05) is 11.8 Å². The van der Waals surface area contributed by atoms with Gasteiger partial charge in [-0.1, -0.05) is 11.3 Å². The monoisotopic (exact) mass is 356 g/mol. The summed E-state index contributed by atoms with van der Waals surface area (Å²) in [6, 6.07) is 7.48. The first-order chi connectivity index (χ1) is 10.9. The zero-order valence-corrected chi connectivity index (χ0v) is 13.3. The number of hydrogen-bond donors (Lipinski definition) is 1. The summed E-state index contributed by atoms with van der Waals surface area (Å²) < 4.78 is 58.6. The fraction of sp³-hybridized carbons (Fsp3) is 0.0714. The van der Waals surface area contributed by atoms with Crippen LogP contribution in [0.1, 0.15) is 0 Å². The van der Waals surface area contributed by atoms with Gasteiger partial charge < -0.3 is 4.74 Å². The van der Waals surface area contributed by atoms with Gasteiger partial charge in [0, 0.05) is 0 Å². The molecule has 0 aliphatic heterocycles. The van der Waals surface area contributed by atoms with E-state index in [1.165, 1.54) is 7.11 Å². The minimum Gasteiger partial charge on any atom is -0.497 e. The van der Waals surface area contributed by atoms with Gasteiger partial charge in [0.05, 0.1) is 22.2 Å². The van der Waals surface area contributed by atoms with Crippen LogP contribution in [-0.4, -0.2) is 20.5 Å². The molecule has 0 amide bonds. The molecule has 0 atom stereocenters. The Morgan fingerprint density at radius 2 is 1.91 bits per heavy atom. The molecule has 0 unspecified atom stereocenters. The third-order valence-electron chi connectivity index (χ3n) is 3.02. The van der Waals surface area contributed by atoms with E-state index in [2.05, 4.69) is 9.71 Å². The van der Waals surface area contributed by atoms with Gasteiger partial charge in [-0.25, -0.2) is 22.2 Å². The van der Waals surface area contributed by atoms with Crippen LogP contribution >= 0.6 is 11.3 Å². The Morgan fingerprint density at radius 3 is 2.61 bits per heavy atom. The highest BCUT2D eigenvalue weighted by molar-refractivity contribution is 7.93. The number of nitrogens with zero attached hydrogens (tertiary/aromatic N) is 1. The van der Waals surface area contributed by atoms with E-state index in [0.717, 1.165) is 28.2 Å². The van der Waals surface area contributed by atoms with Crippen molar-refractivity contribution < 1.29 is 21.9 Å². The topological polar surface area (TPSA) is 68.3 Å². The number of nitrogens with one attached hydrogen (secondary N) is 1. The first-order valence-electron chi connectivity index (χ1n) is 6.31. The Kier molecular flexibility index (Phi) is 3.90. The van der Waals surface area contributed by atoms with Crippen LogP contribution in [0.15, 0.2) is 41.3 Å². The van der Waals surface area contributed by atoms with Crippen molar-refractivity contribution in [3.63, 3.8) is 0 Å². The highest BCUT2D eigenvalue weighted by Crippen LogP contribution is 2.30. The van der Waals surface area contributed by atoms with Crippen LogP contribution in [0.3, 0.4) is 0 Å². The fourth-order valence-electron chi connectivity index (χ4n) is 1.89. The Morgan fingerprint density at radius 1 is 1.13 bits per heavy atom. The van der Waals surface area contributed by atoms with Crippen LogP contribution in [0.2, 0.25) is 0 Å². The van der Waals surface area contributed by atoms with Gasteiger partial charge in [0.2, 0.25) is 0 Å². The van der Waals surface area contributed by atoms with E-state index in [0.29, 0.717) is 17.3 Å². The number of halogens is 2. The summed E-state index contributed by atoms with van der Waals surface area (Å²) in [5.41, 5.74) is 0.596. The number of hydrogen-bond acceptors (Lipinski definition) is 5. The van der Waals surface area contributed by atoms with Crippen LogP contribution in [-0.2, 0) is 10.0 Å². The molecular weight excluding hydrogens is 346 g/mol. The molecule has 23 heavy (non-hydrogen) atoms. The fourth-order valence-corrected chi connectivity index (χ4v) is 4.03. The van der Waals surface area contributed by atoms with E-state index in [1.807, 2.05) is 0 Å². The summed E-state index contributed by atoms with van der Waals surface area (Å²) >= 11 is 1.11. The zero-order chi connectivity index (χ0) is 16.6. The summed E-state index contributed by atoms with van der Waals surface area (Å²) in [7, 11) is -2.53. The number of anilines is 1. The lowest BCUT2D eigenvalue weighted by Gasteiger charge is -2.05. The average molecular weight is 356 g/mol. The highest BCUT2D eigenvalue weighted by Gasteiger charge is 2.18. The molecular formula is C14H10F2N2O3S2. The predicted octanol–water partition coefficient (Wildman–Crippen LogP) is 3.38. The molecule has 0 bridgehead atoms. The zero-order valence-electron chi connectivity index (χ0n) is 11.7. The molecule has 3 aromatic rings. The quantitative estimate of drug-likeness (QED) is 0.778. The first kappa shape index (κ1) is 15.6. The molecule has 5 nitrogen and oxygen atoms in total. The van der Waals surface area contributed by atoms with E-state index in [4.69, 9.17) is 4.74 Å². The molecule has 0 saturated heterocycles. The van der Waals surface area contributed by atoms with E-state index < -0.39 is 21.7 Å². The first-order valence-corrected chi connectivity index (χ1v) is 8.61. The van der Waals surface area contributed by atoms with Crippen molar-refractivity contribution in [2.24, 2.45) is 0 Å². The Hall–Kier alpha value is -2.26. The van der Waals surface area contributed by atoms with Gasteiger partial charge in [-0.15, -0.1) is 0 Å². The molecule has 0 saturated carbocycles. The van der Waals surface area contributed by atoms with Crippen LogP contribution in [0.25, 0.3) is 10.2 Å². The average Bonchev–Trinajstić information content (AvgIpc) is 2.90. The number of thiazole rings is 1. The van der Waals surface area contributed by atoms with Crippen molar-refractivity contribution in [3.05, 3.63) is 48.0 Å². The molecule has 9 heteroatoms. The molecule has 0 aliphatic carbocycles. The number of benzene rings is 2. The summed E-state index contributed by atoms with van der Waals surface area (Å²) in [5, 5.41) is 0.123. The summed E-state index contributed by atoms with van der Waals surface area (Å²) in [6.07, 6.45) is 0. The molecule has 0 aliphatic rings. The predicted molar refractivity (Wildman–Crippen MR) is 83.3 cm³/mol. The lowest BCUT2D eigenvalue weighted by molar-refractivity contribution is 0.415. The summed E-state index contributed by atoms with van der Waals surface area (Å²) in [4.78, 5) is 3.76. The number of rotatable bonds is 4. The maximum absolute atomic E-state index is 13.2. The largest absolute Gasteiger partial charge is 0.497 e. The van der Waals surface area contributed by atoms with E-state index in [-0.39, 0.29) is 10.0 Å². The normalized spacial score (nSPS) is 11.6. The second-order valence-electron chi connectivity index (χ2n) is 4.53. The summed E-state index contributed by atoms with van der Waals surface area (Å²) in [6.45, 7) is 0. The molecule has 1 aromatic heterocycles. The van der Waals surface area contributed by atoms with Gasteiger partial charge >= 0.3 is 0 Å². The molecule has 0 spiro atoms. The number of ether oxygens (including phenoxy) is 1. The van der Waals surface area contributed by atoms with Crippen LogP contribution in [0.4, 0.5) is 13.9 Å². The second-order valence-corrected chi connectivity index (χ2v) is 7.25. The Labute approximate surface area is 134 Å². The van der Waals surface area contributed by atoms with Gasteiger partial charge in [-0.05, 0) is 36.4 Å². The lowest BCUT2D eigenvalue weighted by Crippen LogP contribution is -2.13. The van der Waals surface area contributed by atoms with Gasteiger partial charge in [-0.2, -0.15) is 0 Å². The number of fused-ring (bicyclic) bond motifs is 1. The molecule has 1 heterocycles. The number of sulfonamides is 1. The van der Waals surface area contributed by atoms with Gasteiger partial charge in [0.15, 0.2) is 16.8 Å². The van der Waals surface area contributed by atoms with Crippen LogP contribution in [0.5, 0.6) is 5.75 Å². The van der Waals surface area contributed by atoms with Crippen LogP contribution in [0, 0.1) is 11.6 Å². The second kappa shape index (κ2) is 5.74. The molecule has 2 aromatic carbocycles. The van der Waals surface area contributed by atoms with Crippen molar-refractivity contribution >= 4 is 36.7 Å². The SMILES string of the molecule is COc1ccc2nc(NS(=O)(=O)c3ccc(F)c(F)c3)sc2c1. The smallest absolute Gasteiger partial charge is 0.263 e. The molecule has 0 radical (unpaired) electrons. The third kappa shape index (κ3) is 3.10. The Balaban J connectivity index is 1.95. The molecule has 3 rings (SSSR count). The van der Waals surface area contributed by atoms with Crippen LogP contribution < -0.4 is 9.46 Å². The summed E-state index contributed by atoms with van der Waals surface area (Å²) in [5.74, 6) is -1.73. The highest BCUT2D eigenvalue weighted by atomic mass is 32.2. The molecule has 120 valence electrons. The maximum Gasteiger partial charge on any atom is 0.263 e. The van der Waals surface area contributed by atoms with Crippen molar-refractivity contribution in [3.8, 4) is 5.75 Å². The Bertz CT molecular complexity index is 987. The minimum absolute atomic E-state index is 0.123. The number of aromatic nitrogens is 1. The standard InChI is InChI=1S/C14H10F2N2O3S2/c1-21-8-2-5-12-13(6-8)22-14(17-12)18-23(19,20)9-3-4-10(15)11(16)7-9/h2-7H,1H3,(H,17,18). The maximum atomic E-state index is 13.2.